The SMILES string of the molecule is CCNC(=NCc1ccc(C(=O)N(C)C)cc1)NCC(C)(C)c1ccc(OC)cc1.I. The van der Waals surface area contributed by atoms with E-state index in [4.69, 9.17) is 9.73 Å². The number of methoxy groups -OCH3 is 1. The van der Waals surface area contributed by atoms with E-state index < -0.39 is 0 Å². The second kappa shape index (κ2) is 12.5. The zero-order valence-electron chi connectivity index (χ0n) is 19.4. The molecule has 0 spiro atoms. The minimum Gasteiger partial charge on any atom is -0.497 e. The maximum atomic E-state index is 12.0. The summed E-state index contributed by atoms with van der Waals surface area (Å²) >= 11 is 0. The van der Waals surface area contributed by atoms with Crippen molar-refractivity contribution in [1.29, 1.82) is 0 Å². The molecule has 0 heterocycles. The lowest BCUT2D eigenvalue weighted by Crippen LogP contribution is -2.43. The van der Waals surface area contributed by atoms with E-state index >= 15 is 0 Å². The minimum absolute atomic E-state index is 0. The van der Waals surface area contributed by atoms with E-state index in [2.05, 4.69) is 36.6 Å². The number of hydrogen-bond acceptors (Lipinski definition) is 3. The van der Waals surface area contributed by atoms with Gasteiger partial charge in [-0.25, -0.2) is 4.99 Å². The summed E-state index contributed by atoms with van der Waals surface area (Å²) < 4.78 is 5.25. The normalized spacial score (nSPS) is 11.4. The van der Waals surface area contributed by atoms with E-state index in [1.807, 2.05) is 43.3 Å². The van der Waals surface area contributed by atoms with Crippen LogP contribution in [0.5, 0.6) is 5.75 Å². The van der Waals surface area contributed by atoms with Gasteiger partial charge in [0.25, 0.3) is 5.91 Å². The average molecular weight is 538 g/mol. The molecule has 170 valence electrons. The summed E-state index contributed by atoms with van der Waals surface area (Å²) in [5.74, 6) is 1.63. The van der Waals surface area contributed by atoms with Gasteiger partial charge in [-0.3, -0.25) is 4.79 Å². The van der Waals surface area contributed by atoms with E-state index in [9.17, 15) is 4.79 Å². The Balaban J connectivity index is 0.00000480. The number of rotatable bonds is 8. The molecule has 31 heavy (non-hydrogen) atoms. The van der Waals surface area contributed by atoms with Crippen LogP contribution in [0, 0.1) is 0 Å². The van der Waals surface area contributed by atoms with Gasteiger partial charge in [-0.05, 0) is 42.3 Å². The standard InChI is InChI=1S/C24H34N4O2.HI/c1-7-25-23(26-16-18-8-10-19(11-9-18)22(29)28(4)5)27-17-24(2,3)20-12-14-21(30-6)15-13-20;/h8-15H,7,16-17H2,1-6H3,(H2,25,26,27);1H. The molecule has 0 atom stereocenters. The van der Waals surface area contributed by atoms with Crippen molar-refractivity contribution in [2.45, 2.75) is 32.7 Å². The third-order valence-corrected chi connectivity index (χ3v) is 4.94. The molecule has 0 fully saturated rings. The van der Waals surface area contributed by atoms with Crippen molar-refractivity contribution < 1.29 is 9.53 Å². The van der Waals surface area contributed by atoms with E-state index in [0.717, 1.165) is 30.4 Å². The molecule has 2 N–H and O–H groups in total. The molecule has 2 aromatic rings. The van der Waals surface area contributed by atoms with Crippen LogP contribution in [0.15, 0.2) is 53.5 Å². The number of benzene rings is 2. The summed E-state index contributed by atoms with van der Waals surface area (Å²) in [6.45, 7) is 8.51. The molecule has 2 rings (SSSR count). The first-order valence-electron chi connectivity index (χ1n) is 10.2. The highest BCUT2D eigenvalue weighted by molar-refractivity contribution is 14.0. The Morgan fingerprint density at radius 1 is 1.03 bits per heavy atom. The van der Waals surface area contributed by atoms with Gasteiger partial charge in [0.05, 0.1) is 13.7 Å². The molecule has 0 saturated heterocycles. The smallest absolute Gasteiger partial charge is 0.253 e. The van der Waals surface area contributed by atoms with Crippen molar-refractivity contribution in [1.82, 2.24) is 15.5 Å². The summed E-state index contributed by atoms with van der Waals surface area (Å²) in [7, 11) is 5.18. The van der Waals surface area contributed by atoms with Crippen LogP contribution < -0.4 is 15.4 Å². The molecule has 1 amide bonds. The van der Waals surface area contributed by atoms with Crippen LogP contribution in [-0.2, 0) is 12.0 Å². The lowest BCUT2D eigenvalue weighted by atomic mass is 9.84. The molecular weight excluding hydrogens is 503 g/mol. The zero-order chi connectivity index (χ0) is 22.1. The molecule has 0 radical (unpaired) electrons. The van der Waals surface area contributed by atoms with Crippen LogP contribution >= 0.6 is 24.0 Å². The van der Waals surface area contributed by atoms with Crippen molar-refractivity contribution in [3.8, 4) is 5.75 Å². The van der Waals surface area contributed by atoms with E-state index in [0.29, 0.717) is 12.1 Å². The lowest BCUT2D eigenvalue weighted by molar-refractivity contribution is 0.0827. The van der Waals surface area contributed by atoms with Gasteiger partial charge in [0, 0.05) is 38.2 Å². The topological polar surface area (TPSA) is 66.0 Å². The predicted molar refractivity (Wildman–Crippen MR) is 139 cm³/mol. The lowest BCUT2D eigenvalue weighted by Gasteiger charge is -2.27. The Kier molecular flexibility index (Phi) is 10.8. The van der Waals surface area contributed by atoms with Gasteiger partial charge in [-0.2, -0.15) is 0 Å². The fraction of sp³-hybridized carbons (Fsp3) is 0.417. The first-order valence-corrected chi connectivity index (χ1v) is 10.2. The van der Waals surface area contributed by atoms with Crippen LogP contribution in [0.3, 0.4) is 0 Å². The van der Waals surface area contributed by atoms with Gasteiger partial charge in [0.1, 0.15) is 5.75 Å². The Labute approximate surface area is 203 Å². The number of guanidine groups is 1. The molecular formula is C24H35IN4O2. The van der Waals surface area contributed by atoms with E-state index in [-0.39, 0.29) is 35.3 Å². The maximum absolute atomic E-state index is 12.0. The van der Waals surface area contributed by atoms with Crippen LogP contribution in [0.2, 0.25) is 0 Å². The zero-order valence-corrected chi connectivity index (χ0v) is 21.7. The Morgan fingerprint density at radius 3 is 2.16 bits per heavy atom. The third kappa shape index (κ3) is 8.05. The Morgan fingerprint density at radius 2 is 1.65 bits per heavy atom. The third-order valence-electron chi connectivity index (χ3n) is 4.94. The molecule has 0 aliphatic heterocycles. The molecule has 0 aliphatic carbocycles. The highest BCUT2D eigenvalue weighted by Gasteiger charge is 2.21. The monoisotopic (exact) mass is 538 g/mol. The number of amides is 1. The van der Waals surface area contributed by atoms with E-state index in [1.54, 1.807) is 26.1 Å². The molecule has 2 aromatic carbocycles. The molecule has 0 unspecified atom stereocenters. The van der Waals surface area contributed by atoms with Crippen LogP contribution in [0.1, 0.15) is 42.3 Å². The fourth-order valence-electron chi connectivity index (χ4n) is 2.97. The largest absolute Gasteiger partial charge is 0.497 e. The molecule has 0 saturated carbocycles. The van der Waals surface area contributed by atoms with Crippen LogP contribution in [0.25, 0.3) is 0 Å². The quantitative estimate of drug-likeness (QED) is 0.303. The van der Waals surface area contributed by atoms with Crippen molar-refractivity contribution in [3.05, 3.63) is 65.2 Å². The van der Waals surface area contributed by atoms with Crippen molar-refractivity contribution in [2.24, 2.45) is 4.99 Å². The number of nitrogens with zero attached hydrogens (tertiary/aromatic N) is 2. The summed E-state index contributed by atoms with van der Waals surface area (Å²) in [4.78, 5) is 18.3. The summed E-state index contributed by atoms with van der Waals surface area (Å²) in [5, 5.41) is 6.75. The molecule has 0 aliphatic rings. The molecule has 6 nitrogen and oxygen atoms in total. The van der Waals surface area contributed by atoms with E-state index in [1.165, 1.54) is 5.56 Å². The van der Waals surface area contributed by atoms with Gasteiger partial charge in [0.2, 0.25) is 0 Å². The maximum Gasteiger partial charge on any atom is 0.253 e. The van der Waals surface area contributed by atoms with Gasteiger partial charge < -0.3 is 20.3 Å². The highest BCUT2D eigenvalue weighted by Crippen LogP contribution is 2.24. The molecule has 7 heteroatoms. The second-order valence-electron chi connectivity index (χ2n) is 8.06. The summed E-state index contributed by atoms with van der Waals surface area (Å²) in [6, 6.07) is 15.8. The van der Waals surface area contributed by atoms with Gasteiger partial charge >= 0.3 is 0 Å². The van der Waals surface area contributed by atoms with Crippen LogP contribution in [0.4, 0.5) is 0 Å². The number of carbonyl (C=O) groups excluding carboxylic acids is 1. The summed E-state index contributed by atoms with van der Waals surface area (Å²) in [6.07, 6.45) is 0. The number of halogens is 1. The number of carbonyl (C=O) groups is 1. The molecule has 0 aromatic heterocycles. The molecule has 0 bridgehead atoms. The van der Waals surface area contributed by atoms with Crippen molar-refractivity contribution >= 4 is 35.8 Å². The number of ether oxygens (including phenoxy) is 1. The predicted octanol–water partition coefficient (Wildman–Crippen LogP) is 4.05. The highest BCUT2D eigenvalue weighted by atomic mass is 127. The number of aliphatic imine (C=N–C) groups is 1. The second-order valence-corrected chi connectivity index (χ2v) is 8.06. The fourth-order valence-corrected chi connectivity index (χ4v) is 2.97. The number of hydrogen-bond donors (Lipinski definition) is 2. The van der Waals surface area contributed by atoms with Gasteiger partial charge in [-0.1, -0.05) is 38.1 Å². The number of nitrogens with one attached hydrogen (secondary N) is 2. The Bertz CT molecular complexity index is 847. The van der Waals surface area contributed by atoms with Crippen LogP contribution in [-0.4, -0.2) is 51.1 Å². The Hall–Kier alpha value is -2.29. The summed E-state index contributed by atoms with van der Waals surface area (Å²) in [5.41, 5.74) is 2.89. The van der Waals surface area contributed by atoms with Crippen molar-refractivity contribution in [2.75, 3.05) is 34.3 Å². The average Bonchev–Trinajstić information content (AvgIpc) is 2.75. The van der Waals surface area contributed by atoms with Crippen molar-refractivity contribution in [3.63, 3.8) is 0 Å². The first-order chi connectivity index (χ1) is 14.3. The van der Waals surface area contributed by atoms with Gasteiger partial charge in [-0.15, -0.1) is 24.0 Å². The first kappa shape index (κ1) is 26.7. The van der Waals surface area contributed by atoms with Gasteiger partial charge in [0.15, 0.2) is 5.96 Å². The minimum atomic E-state index is -0.0728.